The van der Waals surface area contributed by atoms with Crippen molar-refractivity contribution in [3.63, 3.8) is 0 Å². The number of hydrogen-bond acceptors (Lipinski definition) is 3. The van der Waals surface area contributed by atoms with Gasteiger partial charge in [-0.3, -0.25) is 10.1 Å². The summed E-state index contributed by atoms with van der Waals surface area (Å²) in [6.45, 7) is 1.49. The summed E-state index contributed by atoms with van der Waals surface area (Å²) in [6.07, 6.45) is 0. The van der Waals surface area contributed by atoms with Crippen LogP contribution in [0.1, 0.15) is 11.1 Å². The molecule has 20 heavy (non-hydrogen) atoms. The highest BCUT2D eigenvalue weighted by Crippen LogP contribution is 2.26. The maximum atomic E-state index is 13.8. The highest BCUT2D eigenvalue weighted by atomic mass is 35.5. The van der Waals surface area contributed by atoms with E-state index in [4.69, 9.17) is 16.3 Å². The van der Waals surface area contributed by atoms with Crippen molar-refractivity contribution < 1.29 is 14.1 Å². The zero-order chi connectivity index (χ0) is 14.7. The van der Waals surface area contributed by atoms with Gasteiger partial charge >= 0.3 is 0 Å². The molecule has 0 aliphatic heterocycles. The van der Waals surface area contributed by atoms with Gasteiger partial charge in [0.15, 0.2) is 11.6 Å². The first-order valence-electron chi connectivity index (χ1n) is 5.80. The topological polar surface area (TPSA) is 52.4 Å². The Morgan fingerprint density at radius 1 is 1.35 bits per heavy atom. The zero-order valence-corrected chi connectivity index (χ0v) is 11.4. The third-order valence-electron chi connectivity index (χ3n) is 2.78. The van der Waals surface area contributed by atoms with Crippen LogP contribution in [0.5, 0.6) is 5.75 Å². The molecule has 0 bridgehead atoms. The van der Waals surface area contributed by atoms with E-state index in [1.807, 2.05) is 0 Å². The summed E-state index contributed by atoms with van der Waals surface area (Å²) in [5.41, 5.74) is 0.633. The monoisotopic (exact) mass is 295 g/mol. The molecule has 0 atom stereocenters. The van der Waals surface area contributed by atoms with Crippen molar-refractivity contribution in [3.8, 4) is 5.75 Å². The minimum Gasteiger partial charge on any atom is -0.486 e. The second-order valence-electron chi connectivity index (χ2n) is 4.21. The first-order valence-corrected chi connectivity index (χ1v) is 6.17. The average molecular weight is 296 g/mol. The third-order valence-corrected chi connectivity index (χ3v) is 3.01. The van der Waals surface area contributed by atoms with Crippen LogP contribution in [-0.4, -0.2) is 4.92 Å². The van der Waals surface area contributed by atoms with E-state index in [0.717, 1.165) is 0 Å². The maximum Gasteiger partial charge on any atom is 0.276 e. The van der Waals surface area contributed by atoms with Gasteiger partial charge in [-0.25, -0.2) is 4.39 Å². The molecule has 2 rings (SSSR count). The van der Waals surface area contributed by atoms with Gasteiger partial charge in [0.2, 0.25) is 0 Å². The van der Waals surface area contributed by atoms with Gasteiger partial charge in [0.1, 0.15) is 6.61 Å². The third kappa shape index (κ3) is 3.05. The molecule has 0 radical (unpaired) electrons. The SMILES string of the molecule is Cc1cccc(OCc2cc(Cl)ccc2[N+](=O)[O-])c1F. The Morgan fingerprint density at radius 3 is 2.80 bits per heavy atom. The lowest BCUT2D eigenvalue weighted by molar-refractivity contribution is -0.385. The Labute approximate surface area is 119 Å². The molecule has 0 aliphatic rings. The van der Waals surface area contributed by atoms with Gasteiger partial charge < -0.3 is 4.74 Å². The normalized spacial score (nSPS) is 10.3. The van der Waals surface area contributed by atoms with Crippen molar-refractivity contribution in [1.82, 2.24) is 0 Å². The van der Waals surface area contributed by atoms with E-state index in [0.29, 0.717) is 16.1 Å². The maximum absolute atomic E-state index is 13.8. The van der Waals surface area contributed by atoms with Crippen molar-refractivity contribution in [3.05, 3.63) is 68.5 Å². The van der Waals surface area contributed by atoms with Crippen LogP contribution in [0, 0.1) is 22.9 Å². The summed E-state index contributed by atoms with van der Waals surface area (Å²) in [5, 5.41) is 11.3. The van der Waals surface area contributed by atoms with Crippen LogP contribution in [0.25, 0.3) is 0 Å². The van der Waals surface area contributed by atoms with Crippen molar-refractivity contribution in [1.29, 1.82) is 0 Å². The zero-order valence-electron chi connectivity index (χ0n) is 10.6. The van der Waals surface area contributed by atoms with Gasteiger partial charge in [0, 0.05) is 11.1 Å². The molecule has 4 nitrogen and oxygen atoms in total. The van der Waals surface area contributed by atoms with Gasteiger partial charge in [-0.05, 0) is 30.7 Å². The van der Waals surface area contributed by atoms with Crippen LogP contribution < -0.4 is 4.74 Å². The summed E-state index contributed by atoms with van der Waals surface area (Å²) >= 11 is 5.81. The minimum atomic E-state index is -0.526. The van der Waals surface area contributed by atoms with Crippen LogP contribution in [0.3, 0.4) is 0 Å². The van der Waals surface area contributed by atoms with E-state index in [1.54, 1.807) is 19.1 Å². The number of rotatable bonds is 4. The van der Waals surface area contributed by atoms with Gasteiger partial charge in [-0.15, -0.1) is 0 Å². The first-order chi connectivity index (χ1) is 9.49. The van der Waals surface area contributed by atoms with Crippen molar-refractivity contribution in [2.24, 2.45) is 0 Å². The molecule has 0 heterocycles. The largest absolute Gasteiger partial charge is 0.486 e. The smallest absolute Gasteiger partial charge is 0.276 e. The van der Waals surface area contributed by atoms with Crippen LogP contribution >= 0.6 is 11.6 Å². The lowest BCUT2D eigenvalue weighted by Gasteiger charge is -2.09. The van der Waals surface area contributed by atoms with E-state index < -0.39 is 10.7 Å². The summed E-state index contributed by atoms with van der Waals surface area (Å²) in [6, 6.07) is 8.90. The second kappa shape index (κ2) is 5.88. The number of halogens is 2. The molecule has 0 saturated heterocycles. The number of hydrogen-bond donors (Lipinski definition) is 0. The van der Waals surface area contributed by atoms with Crippen molar-refractivity contribution >= 4 is 17.3 Å². The lowest BCUT2D eigenvalue weighted by Crippen LogP contribution is -2.02. The Kier molecular flexibility index (Phi) is 4.20. The highest BCUT2D eigenvalue weighted by molar-refractivity contribution is 6.30. The molecule has 0 saturated carbocycles. The lowest BCUT2D eigenvalue weighted by atomic mass is 10.2. The summed E-state index contributed by atoms with van der Waals surface area (Å²) in [5.74, 6) is -0.420. The van der Waals surface area contributed by atoms with Crippen molar-refractivity contribution in [2.75, 3.05) is 0 Å². The quantitative estimate of drug-likeness (QED) is 0.625. The minimum absolute atomic E-state index is 0.0549. The molecule has 0 amide bonds. The number of nitro benzene ring substituents is 1. The highest BCUT2D eigenvalue weighted by Gasteiger charge is 2.15. The number of ether oxygens (including phenoxy) is 1. The fourth-order valence-corrected chi connectivity index (χ4v) is 1.93. The van der Waals surface area contributed by atoms with E-state index in [-0.39, 0.29) is 18.0 Å². The first kappa shape index (κ1) is 14.3. The molecule has 2 aromatic carbocycles. The fourth-order valence-electron chi connectivity index (χ4n) is 1.74. The average Bonchev–Trinajstić information content (AvgIpc) is 2.40. The van der Waals surface area contributed by atoms with Gasteiger partial charge in [-0.1, -0.05) is 23.7 Å². The fraction of sp³-hybridized carbons (Fsp3) is 0.143. The molecule has 0 aliphatic carbocycles. The van der Waals surface area contributed by atoms with Gasteiger partial charge in [0.05, 0.1) is 10.5 Å². The predicted molar refractivity (Wildman–Crippen MR) is 73.6 cm³/mol. The molecule has 6 heteroatoms. The Hall–Kier alpha value is -2.14. The van der Waals surface area contributed by atoms with E-state index in [1.165, 1.54) is 24.3 Å². The van der Waals surface area contributed by atoms with E-state index in [9.17, 15) is 14.5 Å². The standard InChI is InChI=1S/C14H11ClFNO3/c1-9-3-2-4-13(14(9)16)20-8-10-7-11(15)5-6-12(10)17(18)19/h2-7H,8H2,1H3. The molecular weight excluding hydrogens is 285 g/mol. The molecule has 0 aromatic heterocycles. The number of aryl methyl sites for hydroxylation is 1. The summed E-state index contributed by atoms with van der Waals surface area (Å²) in [4.78, 5) is 10.4. The number of nitro groups is 1. The number of benzene rings is 2. The second-order valence-corrected chi connectivity index (χ2v) is 4.64. The van der Waals surface area contributed by atoms with E-state index >= 15 is 0 Å². The molecule has 2 aromatic rings. The Bertz CT molecular complexity index is 661. The Morgan fingerprint density at radius 2 is 2.10 bits per heavy atom. The molecule has 104 valence electrons. The number of nitrogens with zero attached hydrogens (tertiary/aromatic N) is 1. The molecule has 0 fully saturated rings. The summed E-state index contributed by atoms with van der Waals surface area (Å²) < 4.78 is 19.1. The summed E-state index contributed by atoms with van der Waals surface area (Å²) in [7, 11) is 0. The van der Waals surface area contributed by atoms with Crippen molar-refractivity contribution in [2.45, 2.75) is 13.5 Å². The molecular formula is C14H11ClFNO3. The van der Waals surface area contributed by atoms with Crippen LogP contribution in [0.2, 0.25) is 5.02 Å². The van der Waals surface area contributed by atoms with E-state index in [2.05, 4.69) is 0 Å². The van der Waals surface area contributed by atoms with Crippen LogP contribution in [-0.2, 0) is 6.61 Å². The predicted octanol–water partition coefficient (Wildman–Crippen LogP) is 4.27. The molecule has 0 N–H and O–H groups in total. The Balaban J connectivity index is 2.24. The van der Waals surface area contributed by atoms with Crippen LogP contribution in [0.4, 0.5) is 10.1 Å². The molecule has 0 unspecified atom stereocenters. The van der Waals surface area contributed by atoms with Gasteiger partial charge in [0.25, 0.3) is 5.69 Å². The molecule has 0 spiro atoms. The van der Waals surface area contributed by atoms with Crippen LogP contribution in [0.15, 0.2) is 36.4 Å². The van der Waals surface area contributed by atoms with Gasteiger partial charge in [-0.2, -0.15) is 0 Å².